The predicted octanol–water partition coefficient (Wildman–Crippen LogP) is 5.98. The minimum atomic E-state index is -0.618. The maximum absolute atomic E-state index is 12.6. The third kappa shape index (κ3) is 4.20. The van der Waals surface area contributed by atoms with Crippen LogP contribution in [0, 0.1) is 5.41 Å². The summed E-state index contributed by atoms with van der Waals surface area (Å²) < 4.78 is 13.2. The Morgan fingerprint density at radius 1 is 1.06 bits per heavy atom. The van der Waals surface area contributed by atoms with Crippen LogP contribution in [0.25, 0.3) is 32.5 Å². The van der Waals surface area contributed by atoms with E-state index in [1.165, 1.54) is 16.0 Å². The number of aromatic amines is 1. The molecule has 3 heterocycles. The lowest BCUT2D eigenvalue weighted by molar-refractivity contribution is -0.142. The van der Waals surface area contributed by atoms with Gasteiger partial charge in [0.1, 0.15) is 17.0 Å². The van der Waals surface area contributed by atoms with Crippen molar-refractivity contribution in [2.75, 3.05) is 0 Å². The Morgan fingerprint density at radius 2 is 1.81 bits per heavy atom. The van der Waals surface area contributed by atoms with Crippen LogP contribution in [0.15, 0.2) is 35.7 Å². The van der Waals surface area contributed by atoms with E-state index in [9.17, 15) is 9.59 Å². The van der Waals surface area contributed by atoms with Gasteiger partial charge in [0, 0.05) is 10.9 Å². The molecule has 162 valence electrons. The summed E-state index contributed by atoms with van der Waals surface area (Å²) in [5.74, 6) is 0.192. The number of thiophene rings is 1. The monoisotopic (exact) mass is 439 g/mol. The lowest BCUT2D eigenvalue weighted by Gasteiger charge is -2.18. The minimum absolute atomic E-state index is 0.293. The quantitative estimate of drug-likeness (QED) is 0.307. The molecule has 0 amide bonds. The van der Waals surface area contributed by atoms with E-state index < -0.39 is 17.1 Å². The number of esters is 1. The van der Waals surface area contributed by atoms with Crippen molar-refractivity contribution in [3.05, 3.63) is 35.7 Å². The molecule has 0 atom stereocenters. The van der Waals surface area contributed by atoms with Gasteiger partial charge in [-0.3, -0.25) is 4.79 Å². The number of aromatic nitrogens is 3. The Labute approximate surface area is 184 Å². The van der Waals surface area contributed by atoms with Gasteiger partial charge in [0.15, 0.2) is 0 Å². The number of hydrogen-bond donors (Lipinski definition) is 1. The van der Waals surface area contributed by atoms with E-state index in [1.54, 1.807) is 6.07 Å². The van der Waals surface area contributed by atoms with E-state index >= 15 is 0 Å². The fraction of sp³-hybridized carbons (Fsp3) is 0.348. The van der Waals surface area contributed by atoms with Crippen LogP contribution in [-0.2, 0) is 9.53 Å². The molecule has 4 aromatic rings. The topological polar surface area (TPSA) is 86.2 Å². The number of nitrogens with one attached hydrogen (secondary N) is 1. The number of carbonyl (C=O) groups is 2. The van der Waals surface area contributed by atoms with Crippen LogP contribution in [0.4, 0.5) is 4.79 Å². The van der Waals surface area contributed by atoms with Crippen LogP contribution in [0.1, 0.15) is 41.5 Å². The third-order valence-electron chi connectivity index (χ3n) is 4.52. The number of hydrogen-bond acceptors (Lipinski definition) is 6. The Hall–Kier alpha value is -3.13. The van der Waals surface area contributed by atoms with E-state index in [2.05, 4.69) is 10.1 Å². The van der Waals surface area contributed by atoms with Gasteiger partial charge in [-0.25, -0.2) is 4.79 Å². The SMILES string of the molecule is CC(C)(C)OC(=O)n1nc(-c2cc3cc(OC(=O)C(C)(C)C)ccc3[nH]2)c2sccc21. The summed E-state index contributed by atoms with van der Waals surface area (Å²) in [7, 11) is 0. The Bertz CT molecular complexity index is 1300. The van der Waals surface area contributed by atoms with Crippen molar-refractivity contribution >= 4 is 44.5 Å². The molecule has 0 radical (unpaired) electrons. The number of fused-ring (bicyclic) bond motifs is 2. The normalized spacial score (nSPS) is 12.5. The zero-order chi connectivity index (χ0) is 22.6. The van der Waals surface area contributed by atoms with Crippen LogP contribution >= 0.6 is 11.3 Å². The molecule has 8 heteroatoms. The largest absolute Gasteiger partial charge is 0.442 e. The number of nitrogens with zero attached hydrogens (tertiary/aromatic N) is 2. The van der Waals surface area contributed by atoms with Crippen LogP contribution in [0.3, 0.4) is 0 Å². The van der Waals surface area contributed by atoms with Crippen molar-refractivity contribution in [3.8, 4) is 17.1 Å². The predicted molar refractivity (Wildman–Crippen MR) is 122 cm³/mol. The van der Waals surface area contributed by atoms with Crippen LogP contribution < -0.4 is 4.74 Å². The zero-order valence-corrected chi connectivity index (χ0v) is 19.2. The van der Waals surface area contributed by atoms with Gasteiger partial charge in [-0.2, -0.15) is 9.78 Å². The van der Waals surface area contributed by atoms with Crippen molar-refractivity contribution in [1.29, 1.82) is 0 Å². The van der Waals surface area contributed by atoms with E-state index in [0.29, 0.717) is 17.0 Å². The maximum atomic E-state index is 12.6. The molecule has 7 nitrogen and oxygen atoms in total. The summed E-state index contributed by atoms with van der Waals surface area (Å²) in [5, 5.41) is 7.34. The molecule has 0 fully saturated rings. The van der Waals surface area contributed by atoms with Gasteiger partial charge in [0.05, 0.1) is 21.3 Å². The molecule has 0 saturated carbocycles. The summed E-state index contributed by atoms with van der Waals surface area (Å²) in [6, 6.07) is 9.22. The first-order chi connectivity index (χ1) is 14.4. The maximum Gasteiger partial charge on any atom is 0.435 e. The Morgan fingerprint density at radius 3 is 2.48 bits per heavy atom. The first-order valence-electron chi connectivity index (χ1n) is 9.97. The van der Waals surface area contributed by atoms with Crippen LogP contribution in [0.2, 0.25) is 0 Å². The van der Waals surface area contributed by atoms with Gasteiger partial charge < -0.3 is 14.5 Å². The molecular formula is C23H25N3O4S. The minimum Gasteiger partial charge on any atom is -0.442 e. The highest BCUT2D eigenvalue weighted by Gasteiger charge is 2.25. The molecule has 0 bridgehead atoms. The van der Waals surface area contributed by atoms with E-state index in [-0.39, 0.29) is 5.97 Å². The van der Waals surface area contributed by atoms with Gasteiger partial charge in [-0.15, -0.1) is 11.3 Å². The smallest absolute Gasteiger partial charge is 0.435 e. The zero-order valence-electron chi connectivity index (χ0n) is 18.4. The average molecular weight is 440 g/mol. The molecule has 1 N–H and O–H groups in total. The van der Waals surface area contributed by atoms with Crippen molar-refractivity contribution in [2.45, 2.75) is 47.1 Å². The van der Waals surface area contributed by atoms with Crippen molar-refractivity contribution in [1.82, 2.24) is 14.8 Å². The number of benzene rings is 1. The van der Waals surface area contributed by atoms with E-state index in [1.807, 2.05) is 71.2 Å². The third-order valence-corrected chi connectivity index (χ3v) is 5.43. The van der Waals surface area contributed by atoms with Gasteiger partial charge in [-0.1, -0.05) is 0 Å². The van der Waals surface area contributed by atoms with Gasteiger partial charge >= 0.3 is 12.1 Å². The summed E-state index contributed by atoms with van der Waals surface area (Å²) in [4.78, 5) is 28.2. The molecule has 0 aliphatic carbocycles. The second-order valence-corrected chi connectivity index (χ2v) is 10.4. The molecule has 0 aliphatic heterocycles. The second-order valence-electron chi connectivity index (χ2n) is 9.45. The summed E-state index contributed by atoms with van der Waals surface area (Å²) in [6.07, 6.45) is -0.519. The Kier molecular flexibility index (Phi) is 4.93. The number of ether oxygens (including phenoxy) is 2. The van der Waals surface area contributed by atoms with Gasteiger partial charge in [0.2, 0.25) is 0 Å². The highest BCUT2D eigenvalue weighted by molar-refractivity contribution is 7.17. The molecule has 31 heavy (non-hydrogen) atoms. The molecule has 3 aromatic heterocycles. The standard InChI is InChI=1S/C23H25N3O4S/c1-22(2,3)20(27)29-14-7-8-15-13(11-14)12-16(24-15)18-19-17(9-10-31-19)26(25-18)21(28)30-23(4,5)6/h7-12,24H,1-6H3. The number of carbonyl (C=O) groups excluding carboxylic acids is 2. The van der Waals surface area contributed by atoms with Crippen molar-refractivity contribution in [2.24, 2.45) is 5.41 Å². The number of H-pyrrole nitrogens is 1. The summed E-state index contributed by atoms with van der Waals surface area (Å²) in [5.41, 5.74) is 1.81. The highest BCUT2D eigenvalue weighted by atomic mass is 32.1. The lowest BCUT2D eigenvalue weighted by Crippen LogP contribution is -2.27. The number of rotatable bonds is 2. The first-order valence-corrected chi connectivity index (χ1v) is 10.9. The molecule has 4 rings (SSSR count). The summed E-state index contributed by atoms with van der Waals surface area (Å²) in [6.45, 7) is 10.9. The molecule has 0 aliphatic rings. The average Bonchev–Trinajstić information content (AvgIpc) is 3.33. The Balaban J connectivity index is 1.71. The van der Waals surface area contributed by atoms with Crippen LogP contribution in [-0.4, -0.2) is 32.4 Å². The molecule has 0 unspecified atom stereocenters. The molecule has 1 aromatic carbocycles. The van der Waals surface area contributed by atoms with Gasteiger partial charge in [-0.05, 0) is 77.3 Å². The van der Waals surface area contributed by atoms with E-state index in [4.69, 9.17) is 9.47 Å². The molecule has 0 spiro atoms. The lowest BCUT2D eigenvalue weighted by atomic mass is 9.97. The second kappa shape index (κ2) is 7.23. The molecule has 0 saturated heterocycles. The molecular weight excluding hydrogens is 414 g/mol. The highest BCUT2D eigenvalue weighted by Crippen LogP contribution is 2.34. The van der Waals surface area contributed by atoms with Crippen LogP contribution in [0.5, 0.6) is 5.75 Å². The summed E-state index contributed by atoms with van der Waals surface area (Å²) >= 11 is 1.51. The fourth-order valence-corrected chi connectivity index (χ4v) is 3.90. The fourth-order valence-electron chi connectivity index (χ4n) is 3.03. The first kappa shape index (κ1) is 21.1. The van der Waals surface area contributed by atoms with Crippen molar-refractivity contribution < 1.29 is 19.1 Å². The van der Waals surface area contributed by atoms with E-state index in [0.717, 1.165) is 21.3 Å². The van der Waals surface area contributed by atoms with Gasteiger partial charge in [0.25, 0.3) is 0 Å². The van der Waals surface area contributed by atoms with Crippen molar-refractivity contribution in [3.63, 3.8) is 0 Å².